The molecule has 4 rings (SSSR count). The first-order valence-corrected chi connectivity index (χ1v) is 9.53. The standard InChI is InChI=1S/C22H16F3N5O3/c1-32-13-6-5-12(9-26)15(8-13)18-14-4-3-7-27-21(14)28-19(18)16-10-30(11-17(31)33-2)29-20(16)22(23,24)25/h3-8,10H,11H2,1-2H3,(H,27,28). The predicted octanol–water partition coefficient (Wildman–Crippen LogP) is 4.17. The number of nitrogens with zero attached hydrogens (tertiary/aromatic N) is 4. The van der Waals surface area contributed by atoms with Crippen LogP contribution in [0.3, 0.4) is 0 Å². The molecular weight excluding hydrogens is 439 g/mol. The van der Waals surface area contributed by atoms with E-state index in [1.807, 2.05) is 0 Å². The van der Waals surface area contributed by atoms with Gasteiger partial charge in [0.15, 0.2) is 5.69 Å². The third-order valence-electron chi connectivity index (χ3n) is 5.01. The van der Waals surface area contributed by atoms with E-state index in [2.05, 4.69) is 25.9 Å². The molecule has 168 valence electrons. The molecule has 8 nitrogen and oxygen atoms in total. The number of nitrogens with one attached hydrogen (secondary N) is 1. The maximum absolute atomic E-state index is 13.9. The van der Waals surface area contributed by atoms with Crippen LogP contribution >= 0.6 is 0 Å². The molecule has 0 bridgehead atoms. The van der Waals surface area contributed by atoms with Crippen molar-refractivity contribution in [2.45, 2.75) is 12.7 Å². The molecule has 11 heteroatoms. The van der Waals surface area contributed by atoms with E-state index in [0.29, 0.717) is 27.9 Å². The Kier molecular flexibility index (Phi) is 5.51. The lowest BCUT2D eigenvalue weighted by Crippen LogP contribution is -2.14. The number of hydrogen-bond acceptors (Lipinski definition) is 6. The van der Waals surface area contributed by atoms with Gasteiger partial charge in [0.05, 0.1) is 31.5 Å². The molecule has 3 aromatic heterocycles. The molecule has 0 aliphatic heterocycles. The number of pyridine rings is 1. The minimum absolute atomic E-state index is 0.0527. The van der Waals surface area contributed by atoms with Crippen molar-refractivity contribution in [1.82, 2.24) is 19.7 Å². The summed E-state index contributed by atoms with van der Waals surface area (Å²) in [5, 5.41) is 13.8. The average Bonchev–Trinajstić information content (AvgIpc) is 3.39. The van der Waals surface area contributed by atoms with Gasteiger partial charge in [-0.05, 0) is 30.3 Å². The molecule has 0 radical (unpaired) electrons. The topological polar surface area (TPSA) is 106 Å². The van der Waals surface area contributed by atoms with Crippen molar-refractivity contribution in [3.05, 3.63) is 54.0 Å². The van der Waals surface area contributed by atoms with Crippen LogP contribution in [0, 0.1) is 11.3 Å². The van der Waals surface area contributed by atoms with E-state index >= 15 is 0 Å². The van der Waals surface area contributed by atoms with E-state index in [1.165, 1.54) is 19.4 Å². The van der Waals surface area contributed by atoms with Gasteiger partial charge >= 0.3 is 12.1 Å². The van der Waals surface area contributed by atoms with Crippen molar-refractivity contribution in [2.24, 2.45) is 0 Å². The number of hydrogen-bond donors (Lipinski definition) is 1. The number of nitriles is 1. The SMILES string of the molecule is COC(=O)Cn1cc(-c2[nH]c3ncccc3c2-c2cc(OC)ccc2C#N)c(C(F)(F)F)n1. The van der Waals surface area contributed by atoms with Gasteiger partial charge in [0.1, 0.15) is 17.9 Å². The fourth-order valence-electron chi connectivity index (χ4n) is 3.55. The van der Waals surface area contributed by atoms with Gasteiger partial charge < -0.3 is 14.5 Å². The van der Waals surface area contributed by atoms with Crippen LogP contribution in [0.25, 0.3) is 33.4 Å². The number of ether oxygens (including phenoxy) is 2. The molecule has 0 aliphatic rings. The second kappa shape index (κ2) is 8.31. The molecule has 0 saturated heterocycles. The number of carbonyl (C=O) groups excluding carboxylic acids is 1. The van der Waals surface area contributed by atoms with Gasteiger partial charge in [-0.25, -0.2) is 4.98 Å². The summed E-state index contributed by atoms with van der Waals surface area (Å²) < 4.78 is 52.5. The predicted molar refractivity (Wildman–Crippen MR) is 111 cm³/mol. The smallest absolute Gasteiger partial charge is 0.435 e. The highest BCUT2D eigenvalue weighted by Gasteiger charge is 2.39. The second-order valence-corrected chi connectivity index (χ2v) is 6.96. The molecule has 0 aliphatic carbocycles. The van der Waals surface area contributed by atoms with Crippen LogP contribution in [0.15, 0.2) is 42.7 Å². The lowest BCUT2D eigenvalue weighted by molar-refractivity contribution is -0.144. The van der Waals surface area contributed by atoms with E-state index in [-0.39, 0.29) is 16.8 Å². The van der Waals surface area contributed by atoms with Gasteiger partial charge in [0.2, 0.25) is 0 Å². The maximum Gasteiger partial charge on any atom is 0.435 e. The van der Waals surface area contributed by atoms with Crippen LogP contribution in [-0.2, 0) is 22.3 Å². The van der Waals surface area contributed by atoms with Crippen LogP contribution in [0.4, 0.5) is 13.2 Å². The first-order valence-electron chi connectivity index (χ1n) is 9.53. The molecule has 0 amide bonds. The Hall–Kier alpha value is -4.33. The van der Waals surface area contributed by atoms with Gasteiger partial charge in [-0.15, -0.1) is 0 Å². The highest BCUT2D eigenvalue weighted by molar-refractivity contribution is 6.04. The second-order valence-electron chi connectivity index (χ2n) is 6.96. The number of carbonyl (C=O) groups is 1. The fourth-order valence-corrected chi connectivity index (χ4v) is 3.55. The van der Waals surface area contributed by atoms with E-state index < -0.39 is 24.4 Å². The number of aromatic nitrogens is 4. The Bertz CT molecular complexity index is 1400. The number of H-pyrrole nitrogens is 1. The number of aromatic amines is 1. The lowest BCUT2D eigenvalue weighted by Gasteiger charge is -2.10. The van der Waals surface area contributed by atoms with Crippen molar-refractivity contribution in [1.29, 1.82) is 5.26 Å². The number of methoxy groups -OCH3 is 2. The summed E-state index contributed by atoms with van der Waals surface area (Å²) in [6.07, 6.45) is -2.21. The Morgan fingerprint density at radius 1 is 1.24 bits per heavy atom. The van der Waals surface area contributed by atoms with Gasteiger partial charge in [0, 0.05) is 34.5 Å². The normalized spacial score (nSPS) is 11.4. The molecule has 0 fully saturated rings. The van der Waals surface area contributed by atoms with Gasteiger partial charge in [-0.1, -0.05) is 0 Å². The van der Waals surface area contributed by atoms with Crippen molar-refractivity contribution in [3.63, 3.8) is 0 Å². The Morgan fingerprint density at radius 3 is 2.70 bits per heavy atom. The molecule has 1 N–H and O–H groups in total. The van der Waals surface area contributed by atoms with Crippen LogP contribution in [0.5, 0.6) is 5.75 Å². The van der Waals surface area contributed by atoms with Crippen LogP contribution < -0.4 is 4.74 Å². The number of halogens is 3. The number of alkyl halides is 3. The highest BCUT2D eigenvalue weighted by Crippen LogP contribution is 2.44. The third-order valence-corrected chi connectivity index (χ3v) is 5.01. The summed E-state index contributed by atoms with van der Waals surface area (Å²) in [4.78, 5) is 18.8. The molecule has 3 heterocycles. The minimum Gasteiger partial charge on any atom is -0.497 e. The summed E-state index contributed by atoms with van der Waals surface area (Å²) in [6.45, 7) is -0.504. The molecule has 0 atom stereocenters. The lowest BCUT2D eigenvalue weighted by atomic mass is 9.95. The van der Waals surface area contributed by atoms with Gasteiger partial charge in [0.25, 0.3) is 0 Å². The largest absolute Gasteiger partial charge is 0.497 e. The maximum atomic E-state index is 13.9. The van der Waals surface area contributed by atoms with E-state index in [0.717, 1.165) is 18.0 Å². The van der Waals surface area contributed by atoms with E-state index in [9.17, 15) is 23.2 Å². The Morgan fingerprint density at radius 2 is 2.03 bits per heavy atom. The summed E-state index contributed by atoms with van der Waals surface area (Å²) in [5.74, 6) is -0.332. The zero-order valence-electron chi connectivity index (χ0n) is 17.4. The van der Waals surface area contributed by atoms with Crippen molar-refractivity contribution < 1.29 is 27.4 Å². The zero-order chi connectivity index (χ0) is 23.8. The molecule has 1 aromatic carbocycles. The summed E-state index contributed by atoms with van der Waals surface area (Å²) in [6, 6.07) is 10.1. The minimum atomic E-state index is -4.81. The summed E-state index contributed by atoms with van der Waals surface area (Å²) >= 11 is 0. The molecule has 33 heavy (non-hydrogen) atoms. The fraction of sp³-hybridized carbons (Fsp3) is 0.182. The van der Waals surface area contributed by atoms with E-state index in [4.69, 9.17) is 4.74 Å². The number of fused-ring (bicyclic) bond motifs is 1. The monoisotopic (exact) mass is 455 g/mol. The first-order chi connectivity index (χ1) is 15.8. The van der Waals surface area contributed by atoms with Crippen LogP contribution in [-0.4, -0.2) is 39.9 Å². The first kappa shape index (κ1) is 21.9. The van der Waals surface area contributed by atoms with Crippen molar-refractivity contribution in [2.75, 3.05) is 14.2 Å². The quantitative estimate of drug-likeness (QED) is 0.453. The average molecular weight is 455 g/mol. The number of benzene rings is 1. The van der Waals surface area contributed by atoms with Crippen LogP contribution in [0.1, 0.15) is 11.3 Å². The molecular formula is C22H16F3N5O3. The molecule has 4 aromatic rings. The van der Waals surface area contributed by atoms with Gasteiger partial charge in [-0.3, -0.25) is 9.48 Å². The Balaban J connectivity index is 2.05. The molecule has 0 saturated carbocycles. The number of esters is 1. The highest BCUT2D eigenvalue weighted by atomic mass is 19.4. The Labute approximate surface area is 185 Å². The molecule has 0 spiro atoms. The summed E-state index contributed by atoms with van der Waals surface area (Å²) in [5.41, 5.74) is -0.194. The molecule has 0 unspecified atom stereocenters. The van der Waals surface area contributed by atoms with Crippen molar-refractivity contribution in [3.8, 4) is 34.2 Å². The summed E-state index contributed by atoms with van der Waals surface area (Å²) in [7, 11) is 2.58. The number of rotatable bonds is 5. The zero-order valence-corrected chi connectivity index (χ0v) is 17.4. The van der Waals surface area contributed by atoms with E-state index in [1.54, 1.807) is 24.3 Å². The van der Waals surface area contributed by atoms with Crippen LogP contribution in [0.2, 0.25) is 0 Å². The van der Waals surface area contributed by atoms with Crippen molar-refractivity contribution >= 4 is 17.0 Å². The third kappa shape index (κ3) is 3.98. The van der Waals surface area contributed by atoms with Gasteiger partial charge in [-0.2, -0.15) is 23.5 Å².